The van der Waals surface area contributed by atoms with Gasteiger partial charge in [0.15, 0.2) is 0 Å². The summed E-state index contributed by atoms with van der Waals surface area (Å²) in [6, 6.07) is 7.99. The van der Waals surface area contributed by atoms with Crippen LogP contribution in [0.4, 0.5) is 11.8 Å². The van der Waals surface area contributed by atoms with Crippen molar-refractivity contribution in [2.24, 2.45) is 11.8 Å². The monoisotopic (exact) mass is 287 g/mol. The molecular weight excluding hydrogens is 266 g/mol. The van der Waals surface area contributed by atoms with Crippen molar-refractivity contribution in [2.45, 2.75) is 19.4 Å². The van der Waals surface area contributed by atoms with Gasteiger partial charge in [-0.15, -0.1) is 0 Å². The van der Waals surface area contributed by atoms with Gasteiger partial charge in [-0.2, -0.15) is 4.98 Å². The Kier molecular flexibility index (Phi) is 3.90. The smallest absolute Gasteiger partial charge is 0.239 e. The average molecular weight is 287 g/mol. The van der Waals surface area contributed by atoms with Gasteiger partial charge in [-0.25, -0.2) is 10.8 Å². The van der Waals surface area contributed by atoms with E-state index in [0.717, 1.165) is 36.2 Å². The molecule has 0 bridgehead atoms. The molecule has 1 aromatic heterocycles. The van der Waals surface area contributed by atoms with Crippen LogP contribution in [0.2, 0.25) is 0 Å². The zero-order chi connectivity index (χ0) is 14.8. The normalized spacial score (nSPS) is 22.5. The third kappa shape index (κ3) is 2.64. The van der Waals surface area contributed by atoms with E-state index in [1.165, 1.54) is 0 Å². The van der Waals surface area contributed by atoms with Gasteiger partial charge in [0, 0.05) is 25.6 Å². The molecule has 0 spiro atoms. The van der Waals surface area contributed by atoms with Gasteiger partial charge in [0.1, 0.15) is 5.82 Å². The summed E-state index contributed by atoms with van der Waals surface area (Å²) in [7, 11) is 1.77. The highest BCUT2D eigenvalue weighted by atomic mass is 16.5. The second kappa shape index (κ2) is 5.83. The predicted octanol–water partition coefficient (Wildman–Crippen LogP) is 1.78. The molecule has 6 nitrogen and oxygen atoms in total. The van der Waals surface area contributed by atoms with E-state index < -0.39 is 0 Å². The maximum atomic E-state index is 5.60. The van der Waals surface area contributed by atoms with Crippen LogP contribution >= 0.6 is 0 Å². The Bertz CT molecular complexity index is 632. The molecule has 1 aliphatic rings. The van der Waals surface area contributed by atoms with Crippen LogP contribution in [0.1, 0.15) is 13.3 Å². The highest BCUT2D eigenvalue weighted by Gasteiger charge is 2.28. The van der Waals surface area contributed by atoms with Crippen molar-refractivity contribution in [3.8, 4) is 0 Å². The zero-order valence-corrected chi connectivity index (χ0v) is 12.4. The second-order valence-corrected chi connectivity index (χ2v) is 5.52. The second-order valence-electron chi connectivity index (χ2n) is 5.52. The summed E-state index contributed by atoms with van der Waals surface area (Å²) in [6.07, 6.45) is 1.31. The fourth-order valence-electron chi connectivity index (χ4n) is 2.90. The van der Waals surface area contributed by atoms with E-state index in [9.17, 15) is 0 Å². The SMILES string of the molecule is COC1CN(c2nc(NN)nc3ccccc23)CCC1C. The Morgan fingerprint density at radius 2 is 2.14 bits per heavy atom. The Balaban J connectivity index is 2.02. The fourth-order valence-corrected chi connectivity index (χ4v) is 2.90. The van der Waals surface area contributed by atoms with Gasteiger partial charge >= 0.3 is 0 Å². The van der Waals surface area contributed by atoms with Gasteiger partial charge in [-0.1, -0.05) is 19.1 Å². The van der Waals surface area contributed by atoms with Gasteiger partial charge in [-0.3, -0.25) is 5.43 Å². The topological polar surface area (TPSA) is 76.3 Å². The summed E-state index contributed by atoms with van der Waals surface area (Å²) < 4.78 is 5.60. The summed E-state index contributed by atoms with van der Waals surface area (Å²) in [5.41, 5.74) is 3.44. The molecule has 2 heterocycles. The largest absolute Gasteiger partial charge is 0.379 e. The molecule has 3 rings (SSSR count). The Labute approximate surface area is 124 Å². The van der Waals surface area contributed by atoms with E-state index >= 15 is 0 Å². The van der Waals surface area contributed by atoms with Crippen LogP contribution < -0.4 is 16.2 Å². The molecule has 112 valence electrons. The molecule has 21 heavy (non-hydrogen) atoms. The number of nitrogens with two attached hydrogens (primary N) is 1. The standard InChI is InChI=1S/C15H21N5O/c1-10-7-8-20(9-13(10)21-2)14-11-5-3-4-6-12(11)17-15(18-14)19-16/h3-6,10,13H,7-9,16H2,1-2H3,(H,17,18,19). The first-order chi connectivity index (χ1) is 10.2. The summed E-state index contributed by atoms with van der Waals surface area (Å²) in [5.74, 6) is 7.42. The summed E-state index contributed by atoms with van der Waals surface area (Å²) in [5, 5.41) is 1.04. The lowest BCUT2D eigenvalue weighted by Crippen LogP contribution is -2.44. The molecule has 0 saturated carbocycles. The number of hydrogen-bond acceptors (Lipinski definition) is 6. The van der Waals surface area contributed by atoms with Gasteiger partial charge in [0.05, 0.1) is 11.6 Å². The number of piperidine rings is 1. The van der Waals surface area contributed by atoms with E-state index in [1.54, 1.807) is 7.11 Å². The molecule has 1 fully saturated rings. The minimum absolute atomic E-state index is 0.224. The average Bonchev–Trinajstić information content (AvgIpc) is 2.54. The fraction of sp³-hybridized carbons (Fsp3) is 0.467. The molecular formula is C15H21N5O. The molecule has 0 aliphatic carbocycles. The number of nitrogen functional groups attached to an aromatic ring is 1. The number of anilines is 2. The lowest BCUT2D eigenvalue weighted by Gasteiger charge is -2.37. The minimum atomic E-state index is 0.224. The molecule has 1 aliphatic heterocycles. The van der Waals surface area contributed by atoms with E-state index in [-0.39, 0.29) is 6.10 Å². The molecule has 6 heteroatoms. The third-order valence-corrected chi connectivity index (χ3v) is 4.20. The number of methoxy groups -OCH3 is 1. The number of nitrogens with one attached hydrogen (secondary N) is 1. The van der Waals surface area contributed by atoms with Crippen LogP contribution in [0.25, 0.3) is 10.9 Å². The van der Waals surface area contributed by atoms with Gasteiger partial charge in [-0.05, 0) is 24.5 Å². The summed E-state index contributed by atoms with van der Waals surface area (Å²) in [6.45, 7) is 4.03. The zero-order valence-electron chi connectivity index (χ0n) is 12.4. The van der Waals surface area contributed by atoms with Crippen molar-refractivity contribution in [3.05, 3.63) is 24.3 Å². The van der Waals surface area contributed by atoms with Crippen molar-refractivity contribution < 1.29 is 4.74 Å². The lowest BCUT2D eigenvalue weighted by atomic mass is 9.95. The van der Waals surface area contributed by atoms with Crippen LogP contribution in [-0.4, -0.2) is 36.3 Å². The molecule has 1 aromatic carbocycles. The van der Waals surface area contributed by atoms with Gasteiger partial charge in [0.25, 0.3) is 0 Å². The molecule has 0 radical (unpaired) electrons. The van der Waals surface area contributed by atoms with Gasteiger partial charge in [0.2, 0.25) is 5.95 Å². The first kappa shape index (κ1) is 14.0. The number of ether oxygens (including phenoxy) is 1. The van der Waals surface area contributed by atoms with E-state index in [1.807, 2.05) is 24.3 Å². The Morgan fingerprint density at radius 1 is 1.33 bits per heavy atom. The van der Waals surface area contributed by atoms with Crippen LogP contribution in [0.5, 0.6) is 0 Å². The number of benzene rings is 1. The van der Waals surface area contributed by atoms with Crippen molar-refractivity contribution in [3.63, 3.8) is 0 Å². The van der Waals surface area contributed by atoms with Crippen LogP contribution in [0.15, 0.2) is 24.3 Å². The summed E-state index contributed by atoms with van der Waals surface area (Å²) >= 11 is 0. The number of nitrogens with zero attached hydrogens (tertiary/aromatic N) is 3. The van der Waals surface area contributed by atoms with Crippen molar-refractivity contribution in [1.29, 1.82) is 0 Å². The summed E-state index contributed by atoms with van der Waals surface area (Å²) in [4.78, 5) is 11.2. The van der Waals surface area contributed by atoms with Crippen LogP contribution in [0.3, 0.4) is 0 Å². The molecule has 2 atom stereocenters. The maximum Gasteiger partial charge on any atom is 0.239 e. The first-order valence-electron chi connectivity index (χ1n) is 7.24. The highest BCUT2D eigenvalue weighted by molar-refractivity contribution is 5.90. The van der Waals surface area contributed by atoms with E-state index in [4.69, 9.17) is 10.6 Å². The maximum absolute atomic E-state index is 5.60. The number of hydrogen-bond donors (Lipinski definition) is 2. The number of hydrazine groups is 1. The van der Waals surface area contributed by atoms with E-state index in [2.05, 4.69) is 27.2 Å². The molecule has 0 amide bonds. The molecule has 2 aromatic rings. The third-order valence-electron chi connectivity index (χ3n) is 4.20. The quantitative estimate of drug-likeness (QED) is 0.662. The van der Waals surface area contributed by atoms with Crippen LogP contribution in [-0.2, 0) is 4.74 Å². The van der Waals surface area contributed by atoms with Gasteiger partial charge < -0.3 is 9.64 Å². The molecule has 2 unspecified atom stereocenters. The Hall–Kier alpha value is -1.92. The number of fused-ring (bicyclic) bond motifs is 1. The lowest BCUT2D eigenvalue weighted by molar-refractivity contribution is 0.0497. The minimum Gasteiger partial charge on any atom is -0.379 e. The predicted molar refractivity (Wildman–Crippen MR) is 84.1 cm³/mol. The van der Waals surface area contributed by atoms with Crippen LogP contribution in [0, 0.1) is 5.92 Å². The molecule has 1 saturated heterocycles. The number of rotatable bonds is 3. The van der Waals surface area contributed by atoms with Crippen molar-refractivity contribution in [1.82, 2.24) is 9.97 Å². The molecule has 3 N–H and O–H groups in total. The van der Waals surface area contributed by atoms with Crippen molar-refractivity contribution >= 4 is 22.7 Å². The first-order valence-corrected chi connectivity index (χ1v) is 7.24. The Morgan fingerprint density at radius 3 is 2.90 bits per heavy atom. The van der Waals surface area contributed by atoms with E-state index in [0.29, 0.717) is 11.9 Å². The highest BCUT2D eigenvalue weighted by Crippen LogP contribution is 2.29. The number of aromatic nitrogens is 2. The van der Waals surface area contributed by atoms with Crippen molar-refractivity contribution in [2.75, 3.05) is 30.5 Å². The number of para-hydroxylation sites is 1.